The van der Waals surface area contributed by atoms with Gasteiger partial charge < -0.3 is 40.8 Å². The summed E-state index contributed by atoms with van der Waals surface area (Å²) >= 11 is 0. The van der Waals surface area contributed by atoms with Gasteiger partial charge in [-0.05, 0) is 12.8 Å². The second kappa shape index (κ2) is 48.7. The van der Waals surface area contributed by atoms with Crippen molar-refractivity contribution in [1.82, 2.24) is 5.32 Å². The molecule has 72 heavy (non-hydrogen) atoms. The number of nitrogens with one attached hydrogen (secondary N) is 1. The van der Waals surface area contributed by atoms with Gasteiger partial charge in [-0.25, -0.2) is 4.57 Å². The van der Waals surface area contributed by atoms with E-state index in [0.717, 1.165) is 38.5 Å². The molecule has 9 atom stereocenters. The van der Waals surface area contributed by atoms with Crippen molar-refractivity contribution < 1.29 is 53.9 Å². The van der Waals surface area contributed by atoms with Crippen LogP contribution in [0.25, 0.3) is 0 Å². The zero-order chi connectivity index (χ0) is 52.8. The Hall–Kier alpha value is -0.660. The third kappa shape index (κ3) is 38.8. The highest BCUT2D eigenvalue weighted by atomic mass is 31.2. The van der Waals surface area contributed by atoms with E-state index in [1.807, 2.05) is 0 Å². The Balaban J connectivity index is 2.19. The van der Waals surface area contributed by atoms with Crippen molar-refractivity contribution >= 4 is 13.7 Å². The van der Waals surface area contributed by atoms with Crippen LogP contribution in [0.1, 0.15) is 316 Å². The third-order valence-corrected chi connectivity index (χ3v) is 16.4. The van der Waals surface area contributed by atoms with Crippen LogP contribution in [0.5, 0.6) is 0 Å². The predicted molar refractivity (Wildman–Crippen MR) is 297 cm³/mol. The molecule has 6 unspecified atom stereocenters. The number of rotatable bonds is 54. The van der Waals surface area contributed by atoms with Gasteiger partial charge in [0.2, 0.25) is 5.91 Å². The van der Waals surface area contributed by atoms with E-state index in [0.29, 0.717) is 19.3 Å². The van der Waals surface area contributed by atoms with Crippen LogP contribution < -0.4 is 5.32 Å². The molecule has 13 heteroatoms. The summed E-state index contributed by atoms with van der Waals surface area (Å²) in [6.45, 7) is 3.94. The van der Waals surface area contributed by atoms with Crippen LogP contribution in [0.2, 0.25) is 0 Å². The van der Waals surface area contributed by atoms with Crippen LogP contribution in [0, 0.1) is 0 Å². The van der Waals surface area contributed by atoms with Crippen molar-refractivity contribution in [3.63, 3.8) is 0 Å². The molecular weight excluding hydrogens is 930 g/mol. The Bertz CT molecular complexity index is 1220. The van der Waals surface area contributed by atoms with Crippen LogP contribution in [0.4, 0.5) is 0 Å². The molecule has 0 spiro atoms. The summed E-state index contributed by atoms with van der Waals surface area (Å²) in [6, 6.07) is -1.03. The summed E-state index contributed by atoms with van der Waals surface area (Å²) in [5, 5.41) is 64.5. The number of hydrogen-bond acceptors (Lipinski definition) is 10. The minimum absolute atomic E-state index is 0.244. The average molecular weight is 1050 g/mol. The van der Waals surface area contributed by atoms with Gasteiger partial charge in [0.1, 0.15) is 36.6 Å². The SMILES string of the molecule is CCCCCCCCCCCCCCCCCCCCCCCCCCCCCCCCCC(=O)N[C@@H](COP(=O)(O)OC1C(O)C(O)C(O)[C@@H](O)C1O)[C@H](O)CCCCCCCCCCCCCCCC. The lowest BCUT2D eigenvalue weighted by atomic mass is 9.85. The number of carbonyl (C=O) groups is 1. The summed E-state index contributed by atoms with van der Waals surface area (Å²) in [6.07, 6.45) is 45.9. The average Bonchev–Trinajstić information content (AvgIpc) is 3.37. The van der Waals surface area contributed by atoms with E-state index in [-0.39, 0.29) is 12.3 Å². The molecule has 0 heterocycles. The lowest BCUT2D eigenvalue weighted by Gasteiger charge is -2.41. The Morgan fingerprint density at radius 3 is 0.958 bits per heavy atom. The fourth-order valence-electron chi connectivity index (χ4n) is 10.4. The van der Waals surface area contributed by atoms with Crippen molar-refractivity contribution in [3.8, 4) is 0 Å². The summed E-state index contributed by atoms with van der Waals surface area (Å²) < 4.78 is 23.1. The van der Waals surface area contributed by atoms with Crippen LogP contribution in [-0.2, 0) is 18.4 Å². The van der Waals surface area contributed by atoms with Gasteiger partial charge in [0.05, 0.1) is 18.8 Å². The highest BCUT2D eigenvalue weighted by Crippen LogP contribution is 2.47. The number of phosphoric acid groups is 1. The van der Waals surface area contributed by atoms with Crippen LogP contribution in [0.15, 0.2) is 0 Å². The first-order chi connectivity index (χ1) is 34.9. The number of aliphatic hydroxyl groups excluding tert-OH is 6. The normalized spacial score (nSPS) is 21.0. The maximum atomic E-state index is 13.1. The van der Waals surface area contributed by atoms with Crippen molar-refractivity contribution in [2.75, 3.05) is 6.61 Å². The molecule has 0 aromatic rings. The molecule has 1 saturated carbocycles. The highest BCUT2D eigenvalue weighted by Gasteiger charge is 2.51. The maximum absolute atomic E-state index is 13.1. The van der Waals surface area contributed by atoms with Crippen LogP contribution in [0.3, 0.4) is 0 Å². The first-order valence-corrected chi connectivity index (χ1v) is 32.5. The summed E-state index contributed by atoms with van der Waals surface area (Å²) in [5.74, 6) is -0.300. The lowest BCUT2D eigenvalue weighted by Crippen LogP contribution is -2.64. The molecule has 1 aliphatic rings. The molecule has 8 N–H and O–H groups in total. The van der Waals surface area contributed by atoms with E-state index in [9.17, 15) is 44.9 Å². The van der Waals surface area contributed by atoms with Gasteiger partial charge in [-0.1, -0.05) is 296 Å². The first kappa shape index (κ1) is 69.4. The molecule has 430 valence electrons. The summed E-state index contributed by atoms with van der Waals surface area (Å²) in [7, 11) is -5.06. The Labute approximate surface area is 442 Å². The van der Waals surface area contributed by atoms with E-state index in [4.69, 9.17) is 9.05 Å². The van der Waals surface area contributed by atoms with Gasteiger partial charge in [0.25, 0.3) is 0 Å². The fourth-order valence-corrected chi connectivity index (χ4v) is 11.4. The molecule has 0 bridgehead atoms. The molecule has 0 aromatic carbocycles. The van der Waals surface area contributed by atoms with Gasteiger partial charge in [-0.2, -0.15) is 0 Å². The Morgan fingerprint density at radius 1 is 0.417 bits per heavy atom. The Morgan fingerprint density at radius 2 is 0.667 bits per heavy atom. The van der Waals surface area contributed by atoms with E-state index >= 15 is 0 Å². The van der Waals surface area contributed by atoms with Gasteiger partial charge in [-0.3, -0.25) is 13.8 Å². The molecular formula is C59H118NO11P. The molecule has 0 radical (unpaired) electrons. The van der Waals surface area contributed by atoms with Gasteiger partial charge in [0, 0.05) is 6.42 Å². The number of carbonyl (C=O) groups excluding carboxylic acids is 1. The van der Waals surface area contributed by atoms with Crippen molar-refractivity contribution in [2.24, 2.45) is 0 Å². The standard InChI is InChI=1S/C59H118NO11P/c1-3-5-7-9-11-13-15-17-19-20-21-22-23-24-25-26-27-28-29-30-31-32-33-34-35-37-39-41-43-45-47-49-53(62)60-51(50-70-72(68,69)71-59-57(66)55(64)54(63)56(65)58(59)67)52(61)48-46-44-42-40-38-36-18-16-14-12-10-8-6-4-2/h51-52,54-59,61,63-67H,3-50H2,1-2H3,(H,60,62)(H,68,69)/t51-,52+,54?,55+,56?,57?,58?,59?/m0/s1. The zero-order valence-corrected chi connectivity index (χ0v) is 47.7. The lowest BCUT2D eigenvalue weighted by molar-refractivity contribution is -0.220. The predicted octanol–water partition coefficient (Wildman–Crippen LogP) is 14.5. The molecule has 1 aliphatic carbocycles. The van der Waals surface area contributed by atoms with Gasteiger partial charge >= 0.3 is 7.82 Å². The van der Waals surface area contributed by atoms with Gasteiger partial charge in [0.15, 0.2) is 0 Å². The van der Waals surface area contributed by atoms with Crippen molar-refractivity contribution in [1.29, 1.82) is 0 Å². The van der Waals surface area contributed by atoms with E-state index in [2.05, 4.69) is 19.2 Å². The van der Waals surface area contributed by atoms with Gasteiger partial charge in [-0.15, -0.1) is 0 Å². The summed E-state index contributed by atoms with van der Waals surface area (Å²) in [5.41, 5.74) is 0. The largest absolute Gasteiger partial charge is 0.472 e. The molecule has 1 amide bonds. The molecule has 1 fully saturated rings. The third-order valence-electron chi connectivity index (χ3n) is 15.4. The number of hydrogen-bond donors (Lipinski definition) is 8. The molecule has 0 saturated heterocycles. The topological polar surface area (TPSA) is 206 Å². The molecule has 0 aromatic heterocycles. The minimum Gasteiger partial charge on any atom is -0.391 e. The molecule has 12 nitrogen and oxygen atoms in total. The molecule has 1 rings (SSSR count). The number of phosphoric ester groups is 1. The highest BCUT2D eigenvalue weighted by molar-refractivity contribution is 7.47. The number of unbranched alkanes of at least 4 members (excludes halogenated alkanes) is 43. The maximum Gasteiger partial charge on any atom is 0.472 e. The summed E-state index contributed by atoms with van der Waals surface area (Å²) in [4.78, 5) is 23.6. The van der Waals surface area contributed by atoms with Crippen LogP contribution in [-0.4, -0.2) is 96.8 Å². The Kier molecular flexibility index (Phi) is 46.9. The number of amides is 1. The first-order valence-electron chi connectivity index (χ1n) is 31.0. The zero-order valence-electron chi connectivity index (χ0n) is 46.8. The molecule has 0 aliphatic heterocycles. The smallest absolute Gasteiger partial charge is 0.391 e. The monoisotopic (exact) mass is 1050 g/mol. The fraction of sp³-hybridized carbons (Fsp3) is 0.983. The van der Waals surface area contributed by atoms with Crippen molar-refractivity contribution in [3.05, 3.63) is 0 Å². The second-order valence-electron chi connectivity index (χ2n) is 22.3. The minimum atomic E-state index is -5.06. The number of aliphatic hydroxyl groups is 6. The van der Waals surface area contributed by atoms with Crippen LogP contribution >= 0.6 is 7.82 Å². The van der Waals surface area contributed by atoms with Crippen molar-refractivity contribution in [2.45, 2.75) is 364 Å². The van der Waals surface area contributed by atoms with E-state index in [1.54, 1.807) is 0 Å². The second-order valence-corrected chi connectivity index (χ2v) is 23.7. The van der Waals surface area contributed by atoms with E-state index < -0.39 is 63.2 Å². The van der Waals surface area contributed by atoms with E-state index in [1.165, 1.54) is 238 Å². The quantitative estimate of drug-likeness (QED) is 0.0212.